The predicted molar refractivity (Wildman–Crippen MR) is 95.8 cm³/mol. The number of rotatable bonds is 8. The Morgan fingerprint density at radius 1 is 1.32 bits per heavy atom. The fourth-order valence-electron chi connectivity index (χ4n) is 3.34. The number of carbonyl (C=O) groups is 1. The fraction of sp³-hybridized carbons (Fsp3) is 0.474. The molecule has 1 amide bonds. The van der Waals surface area contributed by atoms with Crippen molar-refractivity contribution in [2.75, 3.05) is 19.6 Å². The van der Waals surface area contributed by atoms with Gasteiger partial charge in [0.1, 0.15) is 5.82 Å². The summed E-state index contributed by atoms with van der Waals surface area (Å²) in [5.41, 5.74) is -0.0280. The van der Waals surface area contributed by atoms with E-state index in [1.54, 1.807) is 17.3 Å². The number of aromatic amines is 1. The summed E-state index contributed by atoms with van der Waals surface area (Å²) < 4.78 is 0. The third-order valence-corrected chi connectivity index (χ3v) is 4.70. The molecule has 0 aliphatic carbocycles. The number of hydrogen-bond acceptors (Lipinski definition) is 4. The quantitative estimate of drug-likeness (QED) is 0.679. The van der Waals surface area contributed by atoms with Crippen molar-refractivity contribution >= 4 is 5.91 Å². The van der Waals surface area contributed by atoms with Gasteiger partial charge in [-0.1, -0.05) is 30.3 Å². The zero-order valence-corrected chi connectivity index (χ0v) is 14.4. The van der Waals surface area contributed by atoms with Crippen LogP contribution in [0.4, 0.5) is 0 Å². The average molecular weight is 342 g/mol. The minimum Gasteiger partial charge on any atom is -0.379 e. The highest BCUT2D eigenvalue weighted by Crippen LogP contribution is 2.22. The molecule has 2 aromatic rings. The van der Waals surface area contributed by atoms with Crippen molar-refractivity contribution in [3.05, 3.63) is 54.1 Å². The van der Waals surface area contributed by atoms with Gasteiger partial charge in [-0.25, -0.2) is 4.98 Å². The lowest BCUT2D eigenvalue weighted by atomic mass is 9.91. The smallest absolute Gasteiger partial charge is 0.255 e. The molecule has 1 atom stereocenters. The van der Waals surface area contributed by atoms with Crippen LogP contribution in [0.15, 0.2) is 42.7 Å². The first kappa shape index (κ1) is 17.6. The minimum atomic E-state index is -1.31. The molecule has 1 unspecified atom stereocenters. The van der Waals surface area contributed by atoms with Gasteiger partial charge in [0.15, 0.2) is 5.60 Å². The zero-order valence-electron chi connectivity index (χ0n) is 14.4. The SMILES string of the molecule is O=C1N(CCCc2ccccc2)CCCC1(O)CNCc1ncc[nH]1. The van der Waals surface area contributed by atoms with Gasteiger partial charge in [-0.3, -0.25) is 4.79 Å². The van der Waals surface area contributed by atoms with E-state index in [0.717, 1.165) is 31.6 Å². The maximum atomic E-state index is 12.7. The first-order valence-electron chi connectivity index (χ1n) is 8.92. The number of piperidine rings is 1. The molecule has 6 nitrogen and oxygen atoms in total. The van der Waals surface area contributed by atoms with Gasteiger partial charge in [-0.05, 0) is 31.2 Å². The van der Waals surface area contributed by atoms with E-state index >= 15 is 0 Å². The fourth-order valence-corrected chi connectivity index (χ4v) is 3.34. The van der Waals surface area contributed by atoms with Crippen LogP contribution in [0.3, 0.4) is 0 Å². The summed E-state index contributed by atoms with van der Waals surface area (Å²) in [6, 6.07) is 10.3. The van der Waals surface area contributed by atoms with Crippen LogP contribution >= 0.6 is 0 Å². The topological polar surface area (TPSA) is 81.2 Å². The van der Waals surface area contributed by atoms with E-state index in [9.17, 15) is 9.90 Å². The largest absolute Gasteiger partial charge is 0.379 e. The van der Waals surface area contributed by atoms with Gasteiger partial charge in [-0.15, -0.1) is 0 Å². The van der Waals surface area contributed by atoms with Gasteiger partial charge in [0, 0.05) is 32.0 Å². The molecule has 1 saturated heterocycles. The van der Waals surface area contributed by atoms with Crippen molar-refractivity contribution in [2.45, 2.75) is 37.8 Å². The van der Waals surface area contributed by atoms with Gasteiger partial charge in [0.25, 0.3) is 5.91 Å². The molecule has 6 heteroatoms. The van der Waals surface area contributed by atoms with E-state index in [-0.39, 0.29) is 12.5 Å². The van der Waals surface area contributed by atoms with Gasteiger partial charge in [0.05, 0.1) is 6.54 Å². The third kappa shape index (κ3) is 4.67. The van der Waals surface area contributed by atoms with E-state index in [1.165, 1.54) is 5.56 Å². The Kier molecular flexibility index (Phi) is 5.83. The Hall–Kier alpha value is -2.18. The maximum Gasteiger partial charge on any atom is 0.255 e. The second-order valence-corrected chi connectivity index (χ2v) is 6.66. The summed E-state index contributed by atoms with van der Waals surface area (Å²) in [4.78, 5) is 21.6. The molecule has 3 N–H and O–H groups in total. The summed E-state index contributed by atoms with van der Waals surface area (Å²) in [5, 5.41) is 13.9. The van der Waals surface area contributed by atoms with E-state index in [0.29, 0.717) is 19.5 Å². The Bertz CT molecular complexity index is 659. The van der Waals surface area contributed by atoms with Crippen LogP contribution < -0.4 is 5.32 Å². The highest BCUT2D eigenvalue weighted by atomic mass is 16.3. The number of H-pyrrole nitrogens is 1. The number of benzene rings is 1. The predicted octanol–water partition coefficient (Wildman–Crippen LogP) is 1.49. The Labute approximate surface area is 148 Å². The summed E-state index contributed by atoms with van der Waals surface area (Å²) in [6.45, 7) is 2.18. The van der Waals surface area contributed by atoms with Crippen LogP contribution in [0.2, 0.25) is 0 Å². The lowest BCUT2D eigenvalue weighted by Crippen LogP contribution is -2.58. The van der Waals surface area contributed by atoms with Crippen LogP contribution in [0.25, 0.3) is 0 Å². The van der Waals surface area contributed by atoms with Crippen LogP contribution in [0, 0.1) is 0 Å². The number of imidazole rings is 1. The zero-order chi connectivity index (χ0) is 17.5. The highest BCUT2D eigenvalue weighted by Gasteiger charge is 2.41. The summed E-state index contributed by atoms with van der Waals surface area (Å²) in [7, 11) is 0. The van der Waals surface area contributed by atoms with Crippen molar-refractivity contribution in [1.29, 1.82) is 0 Å². The monoisotopic (exact) mass is 342 g/mol. The molecular weight excluding hydrogens is 316 g/mol. The second kappa shape index (κ2) is 8.27. The third-order valence-electron chi connectivity index (χ3n) is 4.70. The molecule has 25 heavy (non-hydrogen) atoms. The molecule has 0 radical (unpaired) electrons. The number of nitrogens with zero attached hydrogens (tertiary/aromatic N) is 2. The van der Waals surface area contributed by atoms with Crippen molar-refractivity contribution in [2.24, 2.45) is 0 Å². The number of hydrogen-bond donors (Lipinski definition) is 3. The molecule has 1 aromatic heterocycles. The number of aliphatic hydroxyl groups is 1. The van der Waals surface area contributed by atoms with Gasteiger partial charge in [0.2, 0.25) is 0 Å². The van der Waals surface area contributed by atoms with Crippen LogP contribution in [0.5, 0.6) is 0 Å². The Morgan fingerprint density at radius 3 is 2.92 bits per heavy atom. The molecular formula is C19H26N4O2. The number of amides is 1. The van der Waals surface area contributed by atoms with Crippen molar-refractivity contribution in [3.8, 4) is 0 Å². The number of carbonyl (C=O) groups excluding carboxylic acids is 1. The Balaban J connectivity index is 1.47. The minimum absolute atomic E-state index is 0.154. The molecule has 3 rings (SSSR count). The van der Waals surface area contributed by atoms with Crippen molar-refractivity contribution in [1.82, 2.24) is 20.2 Å². The van der Waals surface area contributed by atoms with Crippen molar-refractivity contribution in [3.63, 3.8) is 0 Å². The van der Waals surface area contributed by atoms with Gasteiger partial charge < -0.3 is 20.3 Å². The van der Waals surface area contributed by atoms with E-state index in [4.69, 9.17) is 0 Å². The molecule has 1 aromatic carbocycles. The lowest BCUT2D eigenvalue weighted by molar-refractivity contribution is -0.156. The standard InChI is InChI=1S/C19H26N4O2/c24-18-19(25,15-20-14-17-21-10-11-22-17)9-5-13-23(18)12-4-8-16-6-2-1-3-7-16/h1-3,6-7,10-11,20,25H,4-5,8-9,12-15H2,(H,21,22). The van der Waals surface area contributed by atoms with Crippen LogP contribution in [-0.2, 0) is 17.8 Å². The lowest BCUT2D eigenvalue weighted by Gasteiger charge is -2.38. The maximum absolute atomic E-state index is 12.7. The molecule has 134 valence electrons. The van der Waals surface area contributed by atoms with Gasteiger partial charge >= 0.3 is 0 Å². The van der Waals surface area contributed by atoms with E-state index < -0.39 is 5.60 Å². The molecule has 0 bridgehead atoms. The molecule has 1 fully saturated rings. The second-order valence-electron chi connectivity index (χ2n) is 6.66. The van der Waals surface area contributed by atoms with Crippen LogP contribution in [0.1, 0.15) is 30.7 Å². The summed E-state index contributed by atoms with van der Waals surface area (Å²) in [6.07, 6.45) is 6.63. The molecule has 1 aliphatic rings. The molecule has 2 heterocycles. The molecule has 0 spiro atoms. The normalized spacial score (nSPS) is 20.8. The van der Waals surface area contributed by atoms with E-state index in [2.05, 4.69) is 27.4 Å². The summed E-state index contributed by atoms with van der Waals surface area (Å²) >= 11 is 0. The molecule has 1 aliphatic heterocycles. The Morgan fingerprint density at radius 2 is 2.16 bits per heavy atom. The van der Waals surface area contributed by atoms with E-state index in [1.807, 2.05) is 18.2 Å². The number of aromatic nitrogens is 2. The van der Waals surface area contributed by atoms with Crippen LogP contribution in [-0.4, -0.2) is 51.1 Å². The number of likely N-dealkylation sites (tertiary alicyclic amines) is 1. The number of aryl methyl sites for hydroxylation is 1. The summed E-state index contributed by atoms with van der Waals surface area (Å²) in [5.74, 6) is 0.644. The highest BCUT2D eigenvalue weighted by molar-refractivity contribution is 5.86. The molecule has 0 saturated carbocycles. The average Bonchev–Trinajstić information content (AvgIpc) is 3.13. The van der Waals surface area contributed by atoms with Crippen molar-refractivity contribution < 1.29 is 9.90 Å². The number of nitrogens with one attached hydrogen (secondary N) is 2. The first-order valence-corrected chi connectivity index (χ1v) is 8.92. The first-order chi connectivity index (χ1) is 12.2. The van der Waals surface area contributed by atoms with Gasteiger partial charge in [-0.2, -0.15) is 0 Å².